The summed E-state index contributed by atoms with van der Waals surface area (Å²) in [6.07, 6.45) is 0. The number of ether oxygens (including phenoxy) is 1. The largest absolute Gasteiger partial charge is 0.496 e. The molecule has 2 aromatic rings. The average molecular weight is 340 g/mol. The van der Waals surface area contributed by atoms with Crippen molar-refractivity contribution in [2.75, 3.05) is 19.0 Å². The van der Waals surface area contributed by atoms with Crippen molar-refractivity contribution in [3.63, 3.8) is 0 Å². The van der Waals surface area contributed by atoms with Crippen molar-refractivity contribution < 1.29 is 14.3 Å². The van der Waals surface area contributed by atoms with Gasteiger partial charge in [-0.1, -0.05) is 23.8 Å². The smallest absolute Gasteiger partial charge is 0.251 e. The lowest BCUT2D eigenvalue weighted by atomic mass is 10.1. The van der Waals surface area contributed by atoms with E-state index in [1.807, 2.05) is 45.9 Å². The van der Waals surface area contributed by atoms with E-state index in [1.54, 1.807) is 19.2 Å². The average Bonchev–Trinajstić information content (AvgIpc) is 2.56. The molecule has 0 atom stereocenters. The molecule has 0 heterocycles. The summed E-state index contributed by atoms with van der Waals surface area (Å²) >= 11 is 0. The van der Waals surface area contributed by atoms with Gasteiger partial charge in [-0.3, -0.25) is 9.59 Å². The van der Waals surface area contributed by atoms with Crippen LogP contribution in [0.2, 0.25) is 0 Å². The van der Waals surface area contributed by atoms with Crippen molar-refractivity contribution in [3.8, 4) is 5.75 Å². The van der Waals surface area contributed by atoms with Crippen LogP contribution in [-0.4, -0.2) is 25.5 Å². The van der Waals surface area contributed by atoms with Gasteiger partial charge >= 0.3 is 0 Å². The molecule has 0 bridgehead atoms. The summed E-state index contributed by atoms with van der Waals surface area (Å²) in [7, 11) is 1.56. The standard InChI is InChI=1S/C20H24N2O3/c1-12-8-14(3)19(15(4)9-12)22-18(23)11-21-20(24)16-7-6-13(2)17(10-16)25-5/h6-10H,11H2,1-5H3,(H,21,24)(H,22,23). The molecule has 2 aromatic carbocycles. The molecule has 0 aliphatic rings. The van der Waals surface area contributed by atoms with Gasteiger partial charge in [0, 0.05) is 11.3 Å². The molecule has 0 unspecified atom stereocenters. The fraction of sp³-hybridized carbons (Fsp3) is 0.300. The van der Waals surface area contributed by atoms with Gasteiger partial charge in [-0.05, 0) is 56.5 Å². The number of benzene rings is 2. The van der Waals surface area contributed by atoms with Gasteiger partial charge < -0.3 is 15.4 Å². The van der Waals surface area contributed by atoms with Crippen LogP contribution in [-0.2, 0) is 4.79 Å². The maximum Gasteiger partial charge on any atom is 0.251 e. The summed E-state index contributed by atoms with van der Waals surface area (Å²) in [5.74, 6) is 0.0660. The number of hydrogen-bond donors (Lipinski definition) is 2. The second kappa shape index (κ2) is 7.83. The molecule has 25 heavy (non-hydrogen) atoms. The van der Waals surface area contributed by atoms with Crippen LogP contribution in [0, 0.1) is 27.7 Å². The van der Waals surface area contributed by atoms with Crippen molar-refractivity contribution in [2.24, 2.45) is 0 Å². The Bertz CT molecular complexity index is 790. The van der Waals surface area contributed by atoms with Crippen LogP contribution in [0.3, 0.4) is 0 Å². The second-order valence-corrected chi connectivity index (χ2v) is 6.19. The first-order valence-corrected chi connectivity index (χ1v) is 8.12. The molecular weight excluding hydrogens is 316 g/mol. The Morgan fingerprint density at radius 1 is 0.960 bits per heavy atom. The van der Waals surface area contributed by atoms with Crippen molar-refractivity contribution in [3.05, 3.63) is 58.1 Å². The number of nitrogens with one attached hydrogen (secondary N) is 2. The van der Waals surface area contributed by atoms with Crippen molar-refractivity contribution in [1.29, 1.82) is 0 Å². The molecule has 2 N–H and O–H groups in total. The van der Waals surface area contributed by atoms with E-state index in [1.165, 1.54) is 0 Å². The zero-order valence-electron chi connectivity index (χ0n) is 15.3. The number of methoxy groups -OCH3 is 1. The number of carbonyl (C=O) groups excluding carboxylic acids is 2. The molecule has 132 valence electrons. The Morgan fingerprint density at radius 2 is 1.60 bits per heavy atom. The van der Waals surface area contributed by atoms with Crippen LogP contribution < -0.4 is 15.4 Å². The van der Waals surface area contributed by atoms with Crippen LogP contribution in [0.15, 0.2) is 30.3 Å². The predicted molar refractivity (Wildman–Crippen MR) is 99.3 cm³/mol. The normalized spacial score (nSPS) is 10.3. The van der Waals surface area contributed by atoms with Crippen LogP contribution in [0.1, 0.15) is 32.6 Å². The molecule has 0 aromatic heterocycles. The lowest BCUT2D eigenvalue weighted by Crippen LogP contribution is -2.33. The molecule has 0 radical (unpaired) electrons. The third-order valence-corrected chi connectivity index (χ3v) is 4.02. The quantitative estimate of drug-likeness (QED) is 0.877. The number of carbonyl (C=O) groups is 2. The fourth-order valence-electron chi connectivity index (χ4n) is 2.78. The van der Waals surface area contributed by atoms with Gasteiger partial charge in [0.2, 0.25) is 5.91 Å². The van der Waals surface area contributed by atoms with Crippen molar-refractivity contribution in [1.82, 2.24) is 5.32 Å². The highest BCUT2D eigenvalue weighted by atomic mass is 16.5. The van der Waals surface area contributed by atoms with E-state index >= 15 is 0 Å². The van der Waals surface area contributed by atoms with Crippen LogP contribution in [0.25, 0.3) is 0 Å². The number of amides is 2. The Balaban J connectivity index is 1.99. The van der Waals surface area contributed by atoms with E-state index in [0.29, 0.717) is 11.3 Å². The lowest BCUT2D eigenvalue weighted by molar-refractivity contribution is -0.115. The minimum absolute atomic E-state index is 0.0955. The molecule has 5 nitrogen and oxygen atoms in total. The first-order chi connectivity index (χ1) is 11.8. The van der Waals surface area contributed by atoms with E-state index < -0.39 is 0 Å². The maximum atomic E-state index is 12.2. The minimum atomic E-state index is -0.314. The summed E-state index contributed by atoms with van der Waals surface area (Å²) in [4.78, 5) is 24.4. The zero-order chi connectivity index (χ0) is 18.6. The van der Waals surface area contributed by atoms with Gasteiger partial charge in [-0.15, -0.1) is 0 Å². The molecule has 2 amide bonds. The van der Waals surface area contributed by atoms with Gasteiger partial charge in [-0.25, -0.2) is 0 Å². The molecule has 0 spiro atoms. The SMILES string of the molecule is COc1cc(C(=O)NCC(=O)Nc2c(C)cc(C)cc2C)ccc1C. The van der Waals surface area contributed by atoms with Gasteiger partial charge in [-0.2, -0.15) is 0 Å². The van der Waals surface area contributed by atoms with E-state index in [0.717, 1.165) is 27.9 Å². The Labute approximate surface area is 148 Å². The topological polar surface area (TPSA) is 67.4 Å². The first kappa shape index (κ1) is 18.5. The van der Waals surface area contributed by atoms with Gasteiger partial charge in [0.25, 0.3) is 5.91 Å². The molecule has 0 fully saturated rings. The Morgan fingerprint density at radius 3 is 2.20 bits per heavy atom. The number of aryl methyl sites for hydroxylation is 4. The second-order valence-electron chi connectivity index (χ2n) is 6.19. The summed E-state index contributed by atoms with van der Waals surface area (Å²) < 4.78 is 5.22. The van der Waals surface area contributed by atoms with Crippen molar-refractivity contribution >= 4 is 17.5 Å². The third-order valence-electron chi connectivity index (χ3n) is 4.02. The van der Waals surface area contributed by atoms with E-state index in [4.69, 9.17) is 4.74 Å². The van der Waals surface area contributed by atoms with Crippen LogP contribution in [0.5, 0.6) is 5.75 Å². The molecule has 0 saturated heterocycles. The monoisotopic (exact) mass is 340 g/mol. The van der Waals surface area contributed by atoms with E-state index in [9.17, 15) is 9.59 Å². The summed E-state index contributed by atoms with van der Waals surface area (Å²) in [6.45, 7) is 7.73. The summed E-state index contributed by atoms with van der Waals surface area (Å²) in [5, 5.41) is 5.50. The Kier molecular flexibility index (Phi) is 5.80. The third kappa shape index (κ3) is 4.59. The lowest BCUT2D eigenvalue weighted by Gasteiger charge is -2.13. The fourth-order valence-corrected chi connectivity index (χ4v) is 2.78. The van der Waals surface area contributed by atoms with Gasteiger partial charge in [0.1, 0.15) is 5.75 Å². The molecule has 2 rings (SSSR count). The number of anilines is 1. The van der Waals surface area contributed by atoms with Gasteiger partial charge in [0.05, 0.1) is 13.7 Å². The van der Waals surface area contributed by atoms with Crippen LogP contribution in [0.4, 0.5) is 5.69 Å². The predicted octanol–water partition coefficient (Wildman–Crippen LogP) is 3.30. The molecule has 0 aliphatic carbocycles. The van der Waals surface area contributed by atoms with E-state index in [2.05, 4.69) is 10.6 Å². The highest BCUT2D eigenvalue weighted by molar-refractivity contribution is 6.00. The summed E-state index contributed by atoms with van der Waals surface area (Å²) in [5.41, 5.74) is 5.34. The van der Waals surface area contributed by atoms with Crippen LogP contribution >= 0.6 is 0 Å². The maximum absolute atomic E-state index is 12.2. The first-order valence-electron chi connectivity index (χ1n) is 8.12. The highest BCUT2D eigenvalue weighted by Crippen LogP contribution is 2.22. The number of hydrogen-bond acceptors (Lipinski definition) is 3. The van der Waals surface area contributed by atoms with Crippen molar-refractivity contribution in [2.45, 2.75) is 27.7 Å². The van der Waals surface area contributed by atoms with Gasteiger partial charge in [0.15, 0.2) is 0 Å². The van der Waals surface area contributed by atoms with E-state index in [-0.39, 0.29) is 18.4 Å². The number of rotatable bonds is 5. The Hall–Kier alpha value is -2.82. The molecule has 5 heteroatoms. The highest BCUT2D eigenvalue weighted by Gasteiger charge is 2.12. The molecular formula is C20H24N2O3. The molecule has 0 aliphatic heterocycles. The minimum Gasteiger partial charge on any atom is -0.496 e. The zero-order valence-corrected chi connectivity index (χ0v) is 15.3. The summed E-state index contributed by atoms with van der Waals surface area (Å²) in [6, 6.07) is 9.21. The molecule has 0 saturated carbocycles.